The van der Waals surface area contributed by atoms with Crippen molar-refractivity contribution in [3.05, 3.63) is 41.4 Å². The molecular formula is C25H40N5O8Y-. The summed E-state index contributed by atoms with van der Waals surface area (Å²) in [6.45, 7) is 9.38. The summed E-state index contributed by atoms with van der Waals surface area (Å²) < 4.78 is 10.3. The van der Waals surface area contributed by atoms with Gasteiger partial charge in [-0.25, -0.2) is 9.59 Å². The molecule has 14 heteroatoms. The number of ether oxygens (including phenoxy) is 2. The van der Waals surface area contributed by atoms with Gasteiger partial charge in [0.15, 0.2) is 0 Å². The van der Waals surface area contributed by atoms with Crippen molar-refractivity contribution in [2.24, 2.45) is 0 Å². The Bertz CT molecular complexity index is 868. The normalized spacial score (nSPS) is 11.5. The molecule has 0 aliphatic rings. The van der Waals surface area contributed by atoms with Crippen LogP contribution in [0.25, 0.3) is 5.48 Å². The number of benzene rings is 1. The number of rotatable bonds is 16. The van der Waals surface area contributed by atoms with Crippen LogP contribution in [0.5, 0.6) is 0 Å². The van der Waals surface area contributed by atoms with E-state index in [1.165, 1.54) is 0 Å². The molecule has 0 fully saturated rings. The van der Waals surface area contributed by atoms with E-state index in [1.54, 1.807) is 46.8 Å². The number of nitrogens with one attached hydrogen (secondary N) is 4. The summed E-state index contributed by atoms with van der Waals surface area (Å²) in [6.07, 6.45) is -1.59. The van der Waals surface area contributed by atoms with Gasteiger partial charge in [0.25, 0.3) is 0 Å². The van der Waals surface area contributed by atoms with Gasteiger partial charge in [-0.3, -0.25) is 14.5 Å². The molecule has 1 aromatic rings. The van der Waals surface area contributed by atoms with E-state index in [2.05, 4.69) is 31.7 Å². The average Bonchev–Trinajstić information content (AvgIpc) is 2.84. The number of hydroxylamine groups is 1. The van der Waals surface area contributed by atoms with Gasteiger partial charge in [0.05, 0.1) is 6.10 Å². The van der Waals surface area contributed by atoms with Crippen molar-refractivity contribution in [1.29, 1.82) is 0 Å². The second-order valence-corrected chi connectivity index (χ2v) is 9.44. The number of carbonyl (C=O) groups is 4. The van der Waals surface area contributed by atoms with Gasteiger partial charge in [-0.05, 0) is 46.6 Å². The van der Waals surface area contributed by atoms with Gasteiger partial charge in [-0.2, -0.15) is 0 Å². The summed E-state index contributed by atoms with van der Waals surface area (Å²) in [5.41, 5.74) is 3.79. The van der Waals surface area contributed by atoms with Crippen LogP contribution in [-0.4, -0.2) is 67.9 Å². The van der Waals surface area contributed by atoms with E-state index in [-0.39, 0.29) is 90.3 Å². The first-order valence-corrected chi connectivity index (χ1v) is 12.4. The van der Waals surface area contributed by atoms with E-state index in [1.807, 2.05) is 18.2 Å². The number of alkyl carbamates (subject to hydrolysis) is 2. The van der Waals surface area contributed by atoms with Crippen molar-refractivity contribution in [3.8, 4) is 0 Å². The molecule has 0 heterocycles. The fourth-order valence-electron chi connectivity index (χ4n) is 2.72. The van der Waals surface area contributed by atoms with E-state index < -0.39 is 29.7 Å². The van der Waals surface area contributed by atoms with E-state index in [9.17, 15) is 19.2 Å². The fraction of sp³-hybridized carbons (Fsp3) is 0.600. The van der Waals surface area contributed by atoms with Crippen LogP contribution in [0.4, 0.5) is 9.59 Å². The molecule has 0 saturated carbocycles. The minimum atomic E-state index is -1.04. The third kappa shape index (κ3) is 20.3. The second-order valence-electron chi connectivity index (χ2n) is 9.44. The summed E-state index contributed by atoms with van der Waals surface area (Å²) in [6, 6.07) is 8.02. The summed E-state index contributed by atoms with van der Waals surface area (Å²) in [4.78, 5) is 58.4. The predicted molar refractivity (Wildman–Crippen MR) is 139 cm³/mol. The van der Waals surface area contributed by atoms with Crippen LogP contribution in [-0.2, 0) is 68.3 Å². The molecule has 1 atom stereocenters. The Balaban J connectivity index is 0.0000144. The molecule has 0 saturated heterocycles. The van der Waals surface area contributed by atoms with Gasteiger partial charge in [-0.1, -0.05) is 30.3 Å². The second kappa shape index (κ2) is 20.6. The Morgan fingerprint density at radius 3 is 2.23 bits per heavy atom. The molecule has 217 valence electrons. The molecule has 1 aromatic carbocycles. The van der Waals surface area contributed by atoms with Gasteiger partial charge in [0.2, 0.25) is 11.8 Å². The molecule has 0 spiro atoms. The molecule has 4 amide bonds. The Labute approximate surface area is 254 Å². The van der Waals surface area contributed by atoms with E-state index in [0.29, 0.717) is 0 Å². The zero-order chi connectivity index (χ0) is 28.4. The van der Waals surface area contributed by atoms with Crippen molar-refractivity contribution in [1.82, 2.24) is 21.3 Å². The first kappa shape index (κ1) is 36.7. The number of nitrogens with zero attached hydrogens (tertiary/aromatic N) is 1. The molecule has 0 aliphatic heterocycles. The minimum absolute atomic E-state index is 0. The van der Waals surface area contributed by atoms with Gasteiger partial charge >= 0.3 is 12.2 Å². The molecule has 0 aromatic heterocycles. The average molecular weight is 628 g/mol. The van der Waals surface area contributed by atoms with Crippen LogP contribution in [0.15, 0.2) is 30.3 Å². The van der Waals surface area contributed by atoms with Crippen molar-refractivity contribution in [2.75, 3.05) is 26.2 Å². The molecule has 13 nitrogen and oxygen atoms in total. The third-order valence-corrected chi connectivity index (χ3v) is 4.39. The van der Waals surface area contributed by atoms with Crippen LogP contribution in [0.1, 0.15) is 53.0 Å². The maximum absolute atomic E-state index is 12.7. The van der Waals surface area contributed by atoms with Gasteiger partial charge in [-0.15, -0.1) is 6.54 Å². The summed E-state index contributed by atoms with van der Waals surface area (Å²) in [5.74, 6) is -0.872. The molecule has 0 bridgehead atoms. The Morgan fingerprint density at radius 2 is 1.59 bits per heavy atom. The zero-order valence-electron chi connectivity index (χ0n) is 23.3. The summed E-state index contributed by atoms with van der Waals surface area (Å²) in [5, 5.41) is 10.3. The molecule has 0 aliphatic carbocycles. The monoisotopic (exact) mass is 627 g/mol. The fourth-order valence-corrected chi connectivity index (χ4v) is 2.72. The van der Waals surface area contributed by atoms with Crippen LogP contribution in [0.3, 0.4) is 0 Å². The Hall–Kier alpha value is -2.32. The van der Waals surface area contributed by atoms with Crippen molar-refractivity contribution < 1.29 is 71.2 Å². The SMILES string of the molecule is CC(C)OO[N-]CCNC(=O)CC[C@H](NC(=O)OCc1ccccc1)C(=O)NCCNC(=O)OC(C)(C)C.[Y]. The zero-order valence-corrected chi connectivity index (χ0v) is 26.1. The topological polar surface area (TPSA) is 167 Å². The van der Waals surface area contributed by atoms with Gasteiger partial charge in [0.1, 0.15) is 18.2 Å². The third-order valence-electron chi connectivity index (χ3n) is 4.39. The van der Waals surface area contributed by atoms with Crippen molar-refractivity contribution in [2.45, 2.75) is 71.8 Å². The van der Waals surface area contributed by atoms with Crippen LogP contribution < -0.4 is 21.3 Å². The molecule has 1 radical (unpaired) electrons. The van der Waals surface area contributed by atoms with Crippen LogP contribution in [0, 0.1) is 0 Å². The standard InChI is InChI=1S/C25H40N5O8.Y/c1-18(2)37-38-29-16-15-26-21(31)12-11-20(30-24(34)35-17-19-9-7-6-8-10-19)22(32)27-13-14-28-23(33)36-25(3,4)5;/h6-10,18,20H,11-17H2,1-5H3,(H,26,31)(H,27,32)(H,28,33)(H,30,34);/q-1;/t20-;/m0./s1. The minimum Gasteiger partial charge on any atom is -0.499 e. The maximum atomic E-state index is 12.7. The van der Waals surface area contributed by atoms with Crippen molar-refractivity contribution in [3.63, 3.8) is 0 Å². The quantitative estimate of drug-likeness (QED) is 0.123. The van der Waals surface area contributed by atoms with Crippen LogP contribution in [0.2, 0.25) is 0 Å². The number of carbonyl (C=O) groups excluding carboxylic acids is 4. The molecular weight excluding hydrogens is 587 g/mol. The van der Waals surface area contributed by atoms with Crippen molar-refractivity contribution >= 4 is 24.0 Å². The number of amides is 4. The maximum Gasteiger partial charge on any atom is 0.408 e. The van der Waals surface area contributed by atoms with Crippen LogP contribution >= 0.6 is 0 Å². The predicted octanol–water partition coefficient (Wildman–Crippen LogP) is 2.46. The molecule has 39 heavy (non-hydrogen) atoms. The Morgan fingerprint density at radius 1 is 0.923 bits per heavy atom. The summed E-state index contributed by atoms with van der Waals surface area (Å²) in [7, 11) is 0. The van der Waals surface area contributed by atoms with Gasteiger partial charge in [0, 0.05) is 58.8 Å². The summed E-state index contributed by atoms with van der Waals surface area (Å²) >= 11 is 0. The van der Waals surface area contributed by atoms with E-state index in [4.69, 9.17) is 14.4 Å². The largest absolute Gasteiger partial charge is 0.499 e. The molecule has 4 N–H and O–H groups in total. The van der Waals surface area contributed by atoms with E-state index in [0.717, 1.165) is 5.56 Å². The van der Waals surface area contributed by atoms with E-state index >= 15 is 0 Å². The number of hydrogen-bond acceptors (Lipinski definition) is 8. The molecule has 0 unspecified atom stereocenters. The first-order valence-electron chi connectivity index (χ1n) is 12.4. The van der Waals surface area contributed by atoms with Gasteiger partial charge < -0.3 is 41.2 Å². The molecule has 1 rings (SSSR count). The Kier molecular flexibility index (Phi) is 19.3. The smallest absolute Gasteiger partial charge is 0.408 e. The first-order chi connectivity index (χ1) is 18.0. The number of hydrogen-bond donors (Lipinski definition) is 4.